The second-order valence-corrected chi connectivity index (χ2v) is 10.7. The van der Waals surface area contributed by atoms with Crippen LogP contribution in [0.3, 0.4) is 0 Å². The van der Waals surface area contributed by atoms with Gasteiger partial charge in [-0.25, -0.2) is 4.98 Å². The van der Waals surface area contributed by atoms with Crippen molar-refractivity contribution >= 4 is 27.2 Å². The van der Waals surface area contributed by atoms with Gasteiger partial charge in [0.05, 0.1) is 18.3 Å². The Bertz CT molecular complexity index is 1680. The second kappa shape index (κ2) is 9.09. The molecule has 1 unspecified atom stereocenters. The smallest absolute Gasteiger partial charge is 0.262 e. The fourth-order valence-corrected chi connectivity index (χ4v) is 6.59. The summed E-state index contributed by atoms with van der Waals surface area (Å²) in [5.74, 6) is 1.57. The molecule has 0 amide bonds. The summed E-state index contributed by atoms with van der Waals surface area (Å²) >= 11 is 1.65. The maximum absolute atomic E-state index is 13.6. The van der Waals surface area contributed by atoms with Crippen molar-refractivity contribution < 1.29 is 9.47 Å². The Morgan fingerprint density at radius 1 is 0.973 bits per heavy atom. The number of thiophene rings is 1. The van der Waals surface area contributed by atoms with Crippen LogP contribution in [0, 0.1) is 0 Å². The predicted molar refractivity (Wildman–Crippen MR) is 147 cm³/mol. The molecule has 1 N–H and O–H groups in total. The van der Waals surface area contributed by atoms with Gasteiger partial charge in [-0.15, -0.1) is 11.3 Å². The number of rotatable bonds is 5. The highest BCUT2D eigenvalue weighted by atomic mass is 32.1. The van der Waals surface area contributed by atoms with Crippen LogP contribution in [0.2, 0.25) is 0 Å². The number of nitrogens with one attached hydrogen (secondary N) is 1. The lowest BCUT2D eigenvalue weighted by atomic mass is 9.93. The number of benzene rings is 3. The third-order valence-corrected chi connectivity index (χ3v) is 8.33. The van der Waals surface area contributed by atoms with E-state index in [1.54, 1.807) is 22.2 Å². The number of hydrogen-bond donors (Lipinski definition) is 1. The largest absolute Gasteiger partial charge is 0.454 e. The van der Waals surface area contributed by atoms with Gasteiger partial charge in [0.2, 0.25) is 6.79 Å². The van der Waals surface area contributed by atoms with E-state index in [9.17, 15) is 4.79 Å². The highest BCUT2D eigenvalue weighted by Crippen LogP contribution is 2.37. The van der Waals surface area contributed by atoms with Crippen LogP contribution in [-0.2, 0) is 19.4 Å². The van der Waals surface area contributed by atoms with Crippen molar-refractivity contribution in [1.82, 2.24) is 9.55 Å². The van der Waals surface area contributed by atoms with E-state index in [0.717, 1.165) is 57.8 Å². The Hall–Kier alpha value is -4.10. The van der Waals surface area contributed by atoms with E-state index in [1.807, 2.05) is 36.4 Å². The summed E-state index contributed by atoms with van der Waals surface area (Å²) in [5.41, 5.74) is 5.65. The minimum absolute atomic E-state index is 0.0507. The number of aryl methyl sites for hydroxylation is 1. The van der Waals surface area contributed by atoms with Crippen molar-refractivity contribution in [3.63, 3.8) is 0 Å². The minimum Gasteiger partial charge on any atom is -0.454 e. The number of aromatic nitrogens is 2. The van der Waals surface area contributed by atoms with Gasteiger partial charge in [0.1, 0.15) is 4.83 Å². The van der Waals surface area contributed by atoms with Crippen molar-refractivity contribution in [2.24, 2.45) is 0 Å². The lowest BCUT2D eigenvalue weighted by Crippen LogP contribution is -2.27. The maximum Gasteiger partial charge on any atom is 0.262 e. The first-order chi connectivity index (χ1) is 18.2. The van der Waals surface area contributed by atoms with Crippen molar-refractivity contribution in [1.29, 1.82) is 0 Å². The molecule has 7 heteroatoms. The van der Waals surface area contributed by atoms with Gasteiger partial charge < -0.3 is 14.8 Å². The Balaban J connectivity index is 1.14. The van der Waals surface area contributed by atoms with Crippen molar-refractivity contribution in [2.75, 3.05) is 12.1 Å². The molecule has 0 fully saturated rings. The predicted octanol–water partition coefficient (Wildman–Crippen LogP) is 5.87. The molecule has 0 radical (unpaired) electrons. The maximum atomic E-state index is 13.6. The summed E-state index contributed by atoms with van der Waals surface area (Å²) in [5, 5.41) is 4.44. The fraction of sp³-hybridized carbons (Fsp3) is 0.200. The van der Waals surface area contributed by atoms with E-state index in [1.165, 1.54) is 16.0 Å². The van der Waals surface area contributed by atoms with Crippen LogP contribution in [0.1, 0.15) is 22.4 Å². The van der Waals surface area contributed by atoms with E-state index in [2.05, 4.69) is 41.7 Å². The van der Waals surface area contributed by atoms with Crippen LogP contribution in [-0.4, -0.2) is 22.4 Å². The highest BCUT2D eigenvalue weighted by molar-refractivity contribution is 7.18. The molecule has 0 saturated carbocycles. The molecule has 37 heavy (non-hydrogen) atoms. The summed E-state index contributed by atoms with van der Waals surface area (Å²) in [6.45, 7) is 0.776. The van der Waals surface area contributed by atoms with Crippen LogP contribution in [0.4, 0.5) is 5.69 Å². The first-order valence-corrected chi connectivity index (χ1v) is 13.3. The molecule has 0 bridgehead atoms. The second-order valence-electron chi connectivity index (χ2n) is 9.58. The van der Waals surface area contributed by atoms with Gasteiger partial charge in [-0.2, -0.15) is 0 Å². The molecule has 2 aromatic heterocycles. The minimum atomic E-state index is 0.0507. The average Bonchev–Trinajstić information content (AvgIpc) is 3.55. The Labute approximate surface area is 218 Å². The zero-order valence-corrected chi connectivity index (χ0v) is 21.0. The van der Waals surface area contributed by atoms with Crippen LogP contribution >= 0.6 is 11.3 Å². The molecule has 2 aliphatic rings. The molecule has 0 saturated heterocycles. The molecule has 184 valence electrons. The number of hydrogen-bond acceptors (Lipinski definition) is 6. The molecular formula is C30H25N3O3S. The summed E-state index contributed by atoms with van der Waals surface area (Å²) in [6.07, 6.45) is 4.40. The van der Waals surface area contributed by atoms with Crippen LogP contribution < -0.4 is 20.3 Å². The number of ether oxygens (including phenoxy) is 2. The van der Waals surface area contributed by atoms with Gasteiger partial charge in [0.25, 0.3) is 5.56 Å². The standard InChI is InChI=1S/C30H25N3O3S/c34-30-28-24-11-9-23(32-22-10-12-25-26(14-22)36-18-35-25)15-27(24)37-29(28)31-17-33(30)16-19-5-4-8-21(13-19)20-6-2-1-3-7-20/h1-8,10,12-14,17,23,32H,9,11,15-16,18H2. The average molecular weight is 508 g/mol. The SMILES string of the molecule is O=c1c2c3c(sc2ncn1Cc1cccc(-c2ccccc2)c1)CC(Nc1ccc2c(c1)OCO2)CC3. The lowest BCUT2D eigenvalue weighted by molar-refractivity contribution is 0.174. The molecule has 1 aliphatic heterocycles. The number of fused-ring (bicyclic) bond motifs is 4. The Morgan fingerprint density at radius 2 is 1.84 bits per heavy atom. The topological polar surface area (TPSA) is 65.4 Å². The lowest BCUT2D eigenvalue weighted by Gasteiger charge is -2.24. The van der Waals surface area contributed by atoms with Crippen LogP contribution in [0.5, 0.6) is 11.5 Å². The van der Waals surface area contributed by atoms with Crippen molar-refractivity contribution in [3.05, 3.63) is 105 Å². The summed E-state index contributed by atoms with van der Waals surface area (Å²) < 4.78 is 12.7. The first-order valence-electron chi connectivity index (χ1n) is 12.5. The summed E-state index contributed by atoms with van der Waals surface area (Å²) in [4.78, 5) is 20.4. The Kier molecular flexibility index (Phi) is 5.43. The van der Waals surface area contributed by atoms with Crippen LogP contribution in [0.15, 0.2) is 83.9 Å². The zero-order valence-electron chi connectivity index (χ0n) is 20.1. The fourth-order valence-electron chi connectivity index (χ4n) is 5.34. The van der Waals surface area contributed by atoms with Crippen molar-refractivity contribution in [3.8, 4) is 22.6 Å². The molecule has 1 aliphatic carbocycles. The summed E-state index contributed by atoms with van der Waals surface area (Å²) in [6, 6.07) is 24.9. The monoisotopic (exact) mass is 507 g/mol. The van der Waals surface area contributed by atoms with Gasteiger partial charge in [-0.3, -0.25) is 9.36 Å². The van der Waals surface area contributed by atoms with Gasteiger partial charge in [0, 0.05) is 29.1 Å². The molecule has 0 spiro atoms. The third-order valence-electron chi connectivity index (χ3n) is 7.17. The zero-order chi connectivity index (χ0) is 24.8. The third kappa shape index (κ3) is 4.15. The molecule has 7 rings (SSSR count). The molecular weight excluding hydrogens is 482 g/mol. The number of nitrogens with zero attached hydrogens (tertiary/aromatic N) is 2. The van der Waals surface area contributed by atoms with E-state index in [-0.39, 0.29) is 12.4 Å². The molecule has 6 nitrogen and oxygen atoms in total. The summed E-state index contributed by atoms with van der Waals surface area (Å²) in [7, 11) is 0. The van der Waals surface area contributed by atoms with Gasteiger partial charge in [0.15, 0.2) is 11.5 Å². The number of anilines is 1. The normalized spacial score (nSPS) is 16.1. The van der Waals surface area contributed by atoms with E-state index in [0.29, 0.717) is 12.6 Å². The molecule has 1 atom stereocenters. The molecule has 3 aromatic carbocycles. The van der Waals surface area contributed by atoms with Crippen LogP contribution in [0.25, 0.3) is 21.3 Å². The van der Waals surface area contributed by atoms with Gasteiger partial charge in [-0.05, 0) is 53.3 Å². The van der Waals surface area contributed by atoms with Crippen molar-refractivity contribution in [2.45, 2.75) is 31.8 Å². The Morgan fingerprint density at radius 3 is 2.76 bits per heavy atom. The first kappa shape index (κ1) is 22.1. The van der Waals surface area contributed by atoms with E-state index < -0.39 is 0 Å². The quantitative estimate of drug-likeness (QED) is 0.322. The van der Waals surface area contributed by atoms with E-state index in [4.69, 9.17) is 14.5 Å². The molecule has 3 heterocycles. The molecule has 5 aromatic rings. The van der Waals surface area contributed by atoms with E-state index >= 15 is 0 Å². The van der Waals surface area contributed by atoms with Gasteiger partial charge >= 0.3 is 0 Å². The highest BCUT2D eigenvalue weighted by Gasteiger charge is 2.26. The van der Waals surface area contributed by atoms with Gasteiger partial charge in [-0.1, -0.05) is 48.5 Å².